The molecule has 156 valence electrons. The number of allylic oxidation sites excluding steroid dienone is 2. The highest BCUT2D eigenvalue weighted by atomic mass is 16.3. The molecule has 32 heavy (non-hydrogen) atoms. The van der Waals surface area contributed by atoms with Gasteiger partial charge in [0.25, 0.3) is 0 Å². The number of fused-ring (bicyclic) bond motifs is 3. The molecule has 6 rings (SSSR count). The maximum absolute atomic E-state index is 13.6. The van der Waals surface area contributed by atoms with Crippen LogP contribution in [0.3, 0.4) is 0 Å². The largest absolute Gasteiger partial charge is 0.508 e. The second-order valence-electron chi connectivity index (χ2n) is 8.58. The normalized spacial score (nSPS) is 19.9. The minimum Gasteiger partial charge on any atom is -0.508 e. The monoisotopic (exact) mass is 418 g/mol. The minimum atomic E-state index is -0.220. The number of pyridine rings is 1. The van der Waals surface area contributed by atoms with E-state index in [1.807, 2.05) is 42.5 Å². The first-order chi connectivity index (χ1) is 15.7. The molecular weight excluding hydrogens is 396 g/mol. The summed E-state index contributed by atoms with van der Waals surface area (Å²) < 4.78 is 0. The Bertz CT molecular complexity index is 1390. The molecule has 0 saturated heterocycles. The molecule has 2 aliphatic rings. The number of carbonyl (C=O) groups excluding carboxylic acids is 1. The number of ketones is 1. The predicted octanol–water partition coefficient (Wildman–Crippen LogP) is 5.90. The van der Waals surface area contributed by atoms with Gasteiger partial charge in [0.1, 0.15) is 5.75 Å². The summed E-state index contributed by atoms with van der Waals surface area (Å²) in [5.74, 6) is 0.298. The van der Waals surface area contributed by atoms with Crippen molar-refractivity contribution >= 4 is 22.4 Å². The van der Waals surface area contributed by atoms with Crippen molar-refractivity contribution in [2.24, 2.45) is 0 Å². The number of nitrogens with one attached hydrogen (secondary N) is 1. The summed E-state index contributed by atoms with van der Waals surface area (Å²) in [4.78, 5) is 18.1. The van der Waals surface area contributed by atoms with Crippen molar-refractivity contribution in [1.82, 2.24) is 4.98 Å². The fraction of sp³-hybridized carbons (Fsp3) is 0.143. The smallest absolute Gasteiger partial charge is 0.162 e. The number of rotatable bonds is 2. The first kappa shape index (κ1) is 18.8. The molecule has 2 unspecified atom stereocenters. The third-order valence-corrected chi connectivity index (χ3v) is 6.68. The number of aromatic hydroxyl groups is 1. The van der Waals surface area contributed by atoms with Gasteiger partial charge in [-0.1, -0.05) is 48.5 Å². The van der Waals surface area contributed by atoms with E-state index in [1.165, 1.54) is 5.56 Å². The van der Waals surface area contributed by atoms with E-state index in [9.17, 15) is 9.90 Å². The maximum Gasteiger partial charge on any atom is 0.162 e. The predicted molar refractivity (Wildman–Crippen MR) is 126 cm³/mol. The van der Waals surface area contributed by atoms with Gasteiger partial charge in [0.15, 0.2) is 5.78 Å². The molecular formula is C28H22N2O2. The van der Waals surface area contributed by atoms with Crippen LogP contribution < -0.4 is 5.32 Å². The summed E-state index contributed by atoms with van der Waals surface area (Å²) >= 11 is 0. The molecule has 4 nitrogen and oxygen atoms in total. The zero-order valence-corrected chi connectivity index (χ0v) is 17.5. The van der Waals surface area contributed by atoms with E-state index >= 15 is 0 Å². The van der Waals surface area contributed by atoms with Gasteiger partial charge in [0.2, 0.25) is 0 Å². The zero-order chi connectivity index (χ0) is 21.7. The van der Waals surface area contributed by atoms with Gasteiger partial charge in [-0.05, 0) is 59.4 Å². The van der Waals surface area contributed by atoms with Crippen LogP contribution in [0.2, 0.25) is 0 Å². The van der Waals surface area contributed by atoms with Crippen molar-refractivity contribution < 1.29 is 9.90 Å². The Morgan fingerprint density at radius 1 is 0.875 bits per heavy atom. The summed E-state index contributed by atoms with van der Waals surface area (Å²) in [5.41, 5.74) is 6.87. The molecule has 0 saturated carbocycles. The van der Waals surface area contributed by atoms with E-state index in [-0.39, 0.29) is 23.4 Å². The van der Waals surface area contributed by atoms with Crippen LogP contribution >= 0.6 is 0 Å². The van der Waals surface area contributed by atoms with Crippen molar-refractivity contribution in [3.63, 3.8) is 0 Å². The van der Waals surface area contributed by atoms with Gasteiger partial charge in [-0.25, -0.2) is 0 Å². The lowest BCUT2D eigenvalue weighted by Gasteiger charge is -2.37. The van der Waals surface area contributed by atoms with E-state index in [0.717, 1.165) is 45.4 Å². The van der Waals surface area contributed by atoms with E-state index in [2.05, 4.69) is 34.6 Å². The van der Waals surface area contributed by atoms with Crippen LogP contribution in [0.1, 0.15) is 41.4 Å². The van der Waals surface area contributed by atoms with Gasteiger partial charge in [-0.15, -0.1) is 0 Å². The van der Waals surface area contributed by atoms with Crippen LogP contribution in [0.4, 0.5) is 5.69 Å². The molecule has 1 aliphatic heterocycles. The van der Waals surface area contributed by atoms with Gasteiger partial charge in [-0.3, -0.25) is 9.78 Å². The molecule has 0 spiro atoms. The number of hydrogen-bond donors (Lipinski definition) is 2. The molecule has 0 bridgehead atoms. The van der Waals surface area contributed by atoms with Gasteiger partial charge in [0.05, 0.1) is 11.2 Å². The Morgan fingerprint density at radius 2 is 1.72 bits per heavy atom. The number of phenols is 1. The van der Waals surface area contributed by atoms with Crippen LogP contribution in [0.25, 0.3) is 10.9 Å². The zero-order valence-electron chi connectivity index (χ0n) is 17.5. The van der Waals surface area contributed by atoms with Gasteiger partial charge < -0.3 is 10.4 Å². The molecule has 4 aromatic rings. The van der Waals surface area contributed by atoms with Crippen LogP contribution in [0.15, 0.2) is 96.3 Å². The third-order valence-electron chi connectivity index (χ3n) is 6.68. The molecule has 2 heterocycles. The van der Waals surface area contributed by atoms with Gasteiger partial charge in [-0.2, -0.15) is 0 Å². The first-order valence-electron chi connectivity index (χ1n) is 10.9. The summed E-state index contributed by atoms with van der Waals surface area (Å²) in [6.45, 7) is 0. The van der Waals surface area contributed by atoms with Gasteiger partial charge in [0, 0.05) is 35.2 Å². The van der Waals surface area contributed by atoms with E-state index in [1.54, 1.807) is 18.3 Å². The van der Waals surface area contributed by atoms with E-state index in [0.29, 0.717) is 6.42 Å². The van der Waals surface area contributed by atoms with E-state index < -0.39 is 0 Å². The lowest BCUT2D eigenvalue weighted by Crippen LogP contribution is -2.29. The van der Waals surface area contributed by atoms with Crippen molar-refractivity contribution in [3.8, 4) is 5.75 Å². The van der Waals surface area contributed by atoms with Crippen LogP contribution in [0, 0.1) is 0 Å². The Morgan fingerprint density at radius 3 is 2.56 bits per heavy atom. The fourth-order valence-corrected chi connectivity index (χ4v) is 5.25. The Labute approximate surface area is 186 Å². The molecule has 0 fully saturated rings. The fourth-order valence-electron chi connectivity index (χ4n) is 5.25. The SMILES string of the molecule is O=C1CC(c2ccccc2)CC2=C1C(c1cccc(O)c1)c1ccc3ncccc3c1N2. The lowest BCUT2D eigenvalue weighted by atomic mass is 9.71. The highest BCUT2D eigenvalue weighted by Crippen LogP contribution is 2.49. The Kier molecular flexibility index (Phi) is 4.32. The molecule has 1 aromatic heterocycles. The van der Waals surface area contributed by atoms with Crippen molar-refractivity contribution in [2.45, 2.75) is 24.7 Å². The molecule has 0 amide bonds. The quantitative estimate of drug-likeness (QED) is 0.426. The summed E-state index contributed by atoms with van der Waals surface area (Å²) in [7, 11) is 0. The third kappa shape index (κ3) is 2.99. The van der Waals surface area contributed by atoms with Crippen LogP contribution in [-0.4, -0.2) is 15.9 Å². The number of anilines is 1. The van der Waals surface area contributed by atoms with Crippen LogP contribution in [-0.2, 0) is 4.79 Å². The van der Waals surface area contributed by atoms with Crippen molar-refractivity contribution in [1.29, 1.82) is 0 Å². The minimum absolute atomic E-state index is 0.148. The van der Waals surface area contributed by atoms with E-state index in [4.69, 9.17) is 0 Å². The van der Waals surface area contributed by atoms with Gasteiger partial charge >= 0.3 is 0 Å². The second-order valence-corrected chi connectivity index (χ2v) is 8.58. The number of hydrogen-bond acceptors (Lipinski definition) is 4. The average Bonchev–Trinajstić information content (AvgIpc) is 2.83. The van der Waals surface area contributed by atoms with Crippen LogP contribution in [0.5, 0.6) is 5.75 Å². The summed E-state index contributed by atoms with van der Waals surface area (Å²) in [5, 5.41) is 14.9. The second kappa shape index (κ2) is 7.34. The Balaban J connectivity index is 1.56. The highest BCUT2D eigenvalue weighted by molar-refractivity contribution is 6.04. The van der Waals surface area contributed by atoms with Crippen molar-refractivity contribution in [3.05, 3.63) is 113 Å². The number of Topliss-reactive ketones (excluding diaryl/α,β-unsaturated/α-hetero) is 1. The average molecular weight is 418 g/mol. The molecule has 2 atom stereocenters. The molecule has 0 radical (unpaired) electrons. The number of phenolic OH excluding ortho intramolecular Hbond substituents is 1. The Hall–Kier alpha value is -3.92. The summed E-state index contributed by atoms with van der Waals surface area (Å²) in [6, 6.07) is 25.6. The first-order valence-corrected chi connectivity index (χ1v) is 10.9. The molecule has 3 aromatic carbocycles. The lowest BCUT2D eigenvalue weighted by molar-refractivity contribution is -0.116. The molecule has 1 aliphatic carbocycles. The number of aromatic nitrogens is 1. The number of benzene rings is 3. The number of carbonyl (C=O) groups is 1. The maximum atomic E-state index is 13.6. The number of nitrogens with zero attached hydrogens (tertiary/aromatic N) is 1. The standard InChI is InChI=1S/C28H22N2O2/c31-20-9-4-8-18(14-20)26-22-11-12-23-21(10-5-13-29-23)28(22)30-24-15-19(16-25(32)27(24)26)17-6-2-1-3-7-17/h1-14,19,26,30-31H,15-16H2. The molecule has 2 N–H and O–H groups in total. The summed E-state index contributed by atoms with van der Waals surface area (Å²) in [6.07, 6.45) is 3.06. The topological polar surface area (TPSA) is 62.2 Å². The highest BCUT2D eigenvalue weighted by Gasteiger charge is 2.38. The van der Waals surface area contributed by atoms with Crippen molar-refractivity contribution in [2.75, 3.05) is 5.32 Å². The molecule has 4 heteroatoms.